The van der Waals surface area contributed by atoms with Gasteiger partial charge in [-0.05, 0) is 37.0 Å². The van der Waals surface area contributed by atoms with Crippen LogP contribution in [0.2, 0.25) is 0 Å². The van der Waals surface area contributed by atoms with Gasteiger partial charge in [0.25, 0.3) is 0 Å². The third-order valence-corrected chi connectivity index (χ3v) is 3.89. The highest BCUT2D eigenvalue weighted by Gasteiger charge is 2.32. The molecule has 1 saturated carbocycles. The summed E-state index contributed by atoms with van der Waals surface area (Å²) >= 11 is 5.81. The Morgan fingerprint density at radius 1 is 1.26 bits per heavy atom. The molecule has 1 fully saturated rings. The predicted molar refractivity (Wildman–Crippen MR) is 66.9 cm³/mol. The average molecular weight is 296 g/mol. The maximum Gasteiger partial charge on any atom is 0.416 e. The molecule has 1 aromatic rings. The molecule has 106 valence electrons. The summed E-state index contributed by atoms with van der Waals surface area (Å²) in [4.78, 5) is 0. The van der Waals surface area contributed by atoms with Crippen LogP contribution >= 0.6 is 11.6 Å². The predicted octanol–water partition coefficient (Wildman–Crippen LogP) is 4.66. The fourth-order valence-electron chi connectivity index (χ4n) is 2.42. The second-order valence-corrected chi connectivity index (χ2v) is 5.10. The Bertz CT molecular complexity index is 447. The van der Waals surface area contributed by atoms with Gasteiger partial charge in [0.2, 0.25) is 0 Å². The third kappa shape index (κ3) is 3.32. The maximum atomic E-state index is 13.7. The first kappa shape index (κ1) is 14.4. The SMILES string of the molecule is Fc1cc(C(F)(F)F)ccc1NC1CCCC1CCl. The normalized spacial score (nSPS) is 23.6. The highest BCUT2D eigenvalue weighted by Crippen LogP contribution is 2.33. The molecule has 0 heterocycles. The zero-order valence-corrected chi connectivity index (χ0v) is 10.9. The first-order valence-electron chi connectivity index (χ1n) is 6.11. The van der Waals surface area contributed by atoms with Gasteiger partial charge in [0, 0.05) is 11.9 Å². The molecule has 0 amide bonds. The summed E-state index contributed by atoms with van der Waals surface area (Å²) in [6.45, 7) is 0. The smallest absolute Gasteiger partial charge is 0.380 e. The van der Waals surface area contributed by atoms with Crippen molar-refractivity contribution in [1.29, 1.82) is 0 Å². The molecule has 1 aliphatic rings. The van der Waals surface area contributed by atoms with E-state index < -0.39 is 17.6 Å². The Labute approximate surface area is 113 Å². The quantitative estimate of drug-likeness (QED) is 0.631. The lowest BCUT2D eigenvalue weighted by atomic mass is 10.1. The van der Waals surface area contributed by atoms with Crippen LogP contribution in [0, 0.1) is 11.7 Å². The van der Waals surface area contributed by atoms with Crippen molar-refractivity contribution in [2.75, 3.05) is 11.2 Å². The zero-order chi connectivity index (χ0) is 14.0. The molecule has 2 rings (SSSR count). The molecule has 1 N–H and O–H groups in total. The largest absolute Gasteiger partial charge is 0.416 e. The van der Waals surface area contributed by atoms with E-state index in [4.69, 9.17) is 11.6 Å². The first-order chi connectivity index (χ1) is 8.91. The second-order valence-electron chi connectivity index (χ2n) is 4.79. The molecule has 2 atom stereocenters. The van der Waals surface area contributed by atoms with Crippen LogP contribution in [0.5, 0.6) is 0 Å². The van der Waals surface area contributed by atoms with E-state index in [0.29, 0.717) is 11.9 Å². The van der Waals surface area contributed by atoms with Crippen molar-refractivity contribution in [3.05, 3.63) is 29.6 Å². The number of halogens is 5. The summed E-state index contributed by atoms with van der Waals surface area (Å²) in [6.07, 6.45) is -1.70. The molecule has 1 aromatic carbocycles. The summed E-state index contributed by atoms with van der Waals surface area (Å²) in [5.74, 6) is -0.168. The molecular weight excluding hydrogens is 282 g/mol. The van der Waals surface area contributed by atoms with Crippen molar-refractivity contribution in [2.45, 2.75) is 31.5 Å². The number of hydrogen-bond acceptors (Lipinski definition) is 1. The topological polar surface area (TPSA) is 12.0 Å². The Hall–Kier alpha value is -0.970. The standard InChI is InChI=1S/C13H14ClF4N/c14-7-8-2-1-3-11(8)19-12-5-4-9(6-10(12)15)13(16,17)18/h4-6,8,11,19H,1-3,7H2. The molecule has 0 saturated heterocycles. The monoisotopic (exact) mass is 295 g/mol. The van der Waals surface area contributed by atoms with Gasteiger partial charge in [-0.1, -0.05) is 6.42 Å². The molecule has 1 nitrogen and oxygen atoms in total. The summed E-state index contributed by atoms with van der Waals surface area (Å²) in [6, 6.07) is 2.58. The Kier molecular flexibility index (Phi) is 4.23. The molecule has 6 heteroatoms. The molecule has 19 heavy (non-hydrogen) atoms. The van der Waals surface area contributed by atoms with E-state index in [-0.39, 0.29) is 17.6 Å². The molecule has 0 aromatic heterocycles. The summed E-state index contributed by atoms with van der Waals surface area (Å²) < 4.78 is 50.9. The molecule has 2 unspecified atom stereocenters. The van der Waals surface area contributed by atoms with Crippen molar-refractivity contribution in [3.8, 4) is 0 Å². The van der Waals surface area contributed by atoms with E-state index in [9.17, 15) is 17.6 Å². The van der Waals surface area contributed by atoms with Gasteiger partial charge in [-0.2, -0.15) is 13.2 Å². The van der Waals surface area contributed by atoms with Gasteiger partial charge < -0.3 is 5.32 Å². The number of hydrogen-bond donors (Lipinski definition) is 1. The second kappa shape index (κ2) is 5.57. The first-order valence-corrected chi connectivity index (χ1v) is 6.64. The van der Waals surface area contributed by atoms with Crippen molar-refractivity contribution in [2.24, 2.45) is 5.92 Å². The van der Waals surface area contributed by atoms with Crippen molar-refractivity contribution < 1.29 is 17.6 Å². The van der Waals surface area contributed by atoms with Gasteiger partial charge in [-0.25, -0.2) is 4.39 Å². The van der Waals surface area contributed by atoms with E-state index >= 15 is 0 Å². The molecular formula is C13H14ClF4N. The van der Waals surface area contributed by atoms with Crippen LogP contribution in [0.1, 0.15) is 24.8 Å². The number of nitrogens with one attached hydrogen (secondary N) is 1. The van der Waals surface area contributed by atoms with Crippen molar-refractivity contribution in [3.63, 3.8) is 0 Å². The van der Waals surface area contributed by atoms with Crippen LogP contribution in [0.4, 0.5) is 23.2 Å². The maximum absolute atomic E-state index is 13.7. The molecule has 0 bridgehead atoms. The number of alkyl halides is 4. The van der Waals surface area contributed by atoms with E-state index in [1.807, 2.05) is 0 Å². The van der Waals surface area contributed by atoms with Crippen LogP contribution < -0.4 is 5.32 Å². The third-order valence-electron chi connectivity index (χ3n) is 3.49. The van der Waals surface area contributed by atoms with Gasteiger partial charge in [0.15, 0.2) is 0 Å². The molecule has 1 aliphatic carbocycles. The van der Waals surface area contributed by atoms with Gasteiger partial charge in [0.05, 0.1) is 11.3 Å². The lowest BCUT2D eigenvalue weighted by molar-refractivity contribution is -0.137. The number of anilines is 1. The Balaban J connectivity index is 2.13. The fourth-order valence-corrected chi connectivity index (χ4v) is 2.79. The summed E-state index contributed by atoms with van der Waals surface area (Å²) in [5.41, 5.74) is -0.870. The van der Waals surface area contributed by atoms with E-state index in [2.05, 4.69) is 5.32 Å². The minimum absolute atomic E-state index is 0.0312. The Morgan fingerprint density at radius 2 is 2.00 bits per heavy atom. The minimum Gasteiger partial charge on any atom is -0.380 e. The Morgan fingerprint density at radius 3 is 2.58 bits per heavy atom. The van der Waals surface area contributed by atoms with Gasteiger partial charge in [0.1, 0.15) is 5.82 Å². The van der Waals surface area contributed by atoms with E-state index in [0.717, 1.165) is 31.4 Å². The van der Waals surface area contributed by atoms with Crippen LogP contribution in [-0.4, -0.2) is 11.9 Å². The van der Waals surface area contributed by atoms with E-state index in [1.54, 1.807) is 0 Å². The number of benzene rings is 1. The van der Waals surface area contributed by atoms with Gasteiger partial charge in [-0.3, -0.25) is 0 Å². The lowest BCUT2D eigenvalue weighted by Gasteiger charge is -2.21. The fraction of sp³-hybridized carbons (Fsp3) is 0.538. The van der Waals surface area contributed by atoms with Crippen LogP contribution in [0.15, 0.2) is 18.2 Å². The molecule has 0 aliphatic heterocycles. The van der Waals surface area contributed by atoms with Crippen molar-refractivity contribution in [1.82, 2.24) is 0 Å². The van der Waals surface area contributed by atoms with Crippen LogP contribution in [0.25, 0.3) is 0 Å². The number of rotatable bonds is 3. The zero-order valence-electron chi connectivity index (χ0n) is 10.1. The minimum atomic E-state index is -4.52. The van der Waals surface area contributed by atoms with Crippen molar-refractivity contribution >= 4 is 17.3 Å². The highest BCUT2D eigenvalue weighted by atomic mass is 35.5. The van der Waals surface area contributed by atoms with Crippen LogP contribution in [-0.2, 0) is 6.18 Å². The van der Waals surface area contributed by atoms with Crippen LogP contribution in [0.3, 0.4) is 0 Å². The average Bonchev–Trinajstić information content (AvgIpc) is 2.77. The summed E-state index contributed by atoms with van der Waals surface area (Å²) in [5, 5.41) is 2.96. The molecule has 0 spiro atoms. The summed E-state index contributed by atoms with van der Waals surface area (Å²) in [7, 11) is 0. The van der Waals surface area contributed by atoms with E-state index in [1.165, 1.54) is 0 Å². The molecule has 0 radical (unpaired) electrons. The highest BCUT2D eigenvalue weighted by molar-refractivity contribution is 6.18. The lowest BCUT2D eigenvalue weighted by Crippen LogP contribution is -2.25. The van der Waals surface area contributed by atoms with Gasteiger partial charge in [-0.15, -0.1) is 11.6 Å². The van der Waals surface area contributed by atoms with Gasteiger partial charge >= 0.3 is 6.18 Å².